The number of carbonyl (C=O) groups is 2. The van der Waals surface area contributed by atoms with Crippen molar-refractivity contribution in [3.63, 3.8) is 0 Å². The molecule has 0 aliphatic heterocycles. The van der Waals surface area contributed by atoms with E-state index in [-0.39, 0.29) is 18.4 Å². The van der Waals surface area contributed by atoms with Gasteiger partial charge in [-0.25, -0.2) is 0 Å². The summed E-state index contributed by atoms with van der Waals surface area (Å²) in [6, 6.07) is 10.4. The van der Waals surface area contributed by atoms with E-state index in [9.17, 15) is 9.59 Å². The maximum Gasteiger partial charge on any atom is 0.265 e. The lowest BCUT2D eigenvalue weighted by Crippen LogP contribution is -2.33. The Morgan fingerprint density at radius 3 is 2.73 bits per heavy atom. The van der Waals surface area contributed by atoms with Gasteiger partial charge in [-0.2, -0.15) is 0 Å². The molecule has 0 radical (unpaired) electrons. The molecule has 2 rings (SSSR count). The molecule has 1 aromatic carbocycles. The van der Waals surface area contributed by atoms with Crippen LogP contribution < -0.4 is 5.32 Å². The molecule has 0 aliphatic carbocycles. The van der Waals surface area contributed by atoms with Crippen LogP contribution in [0.2, 0.25) is 0 Å². The molecule has 1 heterocycles. The largest absolute Gasteiger partial charge is 0.395 e. The third-order valence-electron chi connectivity index (χ3n) is 3.15. The van der Waals surface area contributed by atoms with Crippen LogP contribution in [-0.2, 0) is 0 Å². The summed E-state index contributed by atoms with van der Waals surface area (Å²) in [6.45, 7) is 2.59. The molecular weight excluding hydrogens is 300 g/mol. The fraction of sp³-hybridized carbons (Fsp3) is 0.250. The minimum absolute atomic E-state index is 0.0750. The Morgan fingerprint density at radius 1 is 1.27 bits per heavy atom. The molecule has 0 saturated carbocycles. The monoisotopic (exact) mass is 318 g/mol. The summed E-state index contributed by atoms with van der Waals surface area (Å²) < 4.78 is 0. The number of anilines is 1. The lowest BCUT2D eigenvalue weighted by Gasteiger charge is -2.20. The highest BCUT2D eigenvalue weighted by Crippen LogP contribution is 2.16. The number of benzene rings is 1. The fourth-order valence-corrected chi connectivity index (χ4v) is 2.66. The summed E-state index contributed by atoms with van der Waals surface area (Å²) in [5.74, 6) is -0.355. The van der Waals surface area contributed by atoms with Gasteiger partial charge >= 0.3 is 0 Å². The topological polar surface area (TPSA) is 69.6 Å². The van der Waals surface area contributed by atoms with Crippen molar-refractivity contribution in [2.45, 2.75) is 6.92 Å². The van der Waals surface area contributed by atoms with Gasteiger partial charge in [0, 0.05) is 24.3 Å². The number of rotatable bonds is 6. The Labute approximate surface area is 133 Å². The van der Waals surface area contributed by atoms with Gasteiger partial charge in [0.05, 0.1) is 11.5 Å². The number of carbonyl (C=O) groups excluding carboxylic acids is 2. The predicted octanol–water partition coefficient (Wildman–Crippen LogP) is 2.45. The molecule has 0 bridgehead atoms. The first-order valence-corrected chi connectivity index (χ1v) is 7.88. The van der Waals surface area contributed by atoms with Gasteiger partial charge in [-0.3, -0.25) is 9.59 Å². The average Bonchev–Trinajstić information content (AvgIpc) is 3.07. The van der Waals surface area contributed by atoms with E-state index in [4.69, 9.17) is 5.11 Å². The molecule has 0 spiro atoms. The molecule has 0 saturated heterocycles. The number of hydrogen-bond acceptors (Lipinski definition) is 4. The van der Waals surface area contributed by atoms with Crippen molar-refractivity contribution in [1.29, 1.82) is 0 Å². The maximum absolute atomic E-state index is 12.3. The molecule has 0 aliphatic rings. The first-order chi connectivity index (χ1) is 10.7. The second-order valence-corrected chi connectivity index (χ2v) is 5.57. The third-order valence-corrected chi connectivity index (χ3v) is 4.02. The van der Waals surface area contributed by atoms with Crippen LogP contribution in [0.3, 0.4) is 0 Å². The number of hydrogen-bond donors (Lipinski definition) is 2. The number of aliphatic hydroxyl groups excluding tert-OH is 1. The van der Waals surface area contributed by atoms with Crippen LogP contribution in [-0.4, -0.2) is 41.5 Å². The number of amides is 2. The summed E-state index contributed by atoms with van der Waals surface area (Å²) in [5, 5.41) is 13.6. The molecule has 2 aromatic rings. The van der Waals surface area contributed by atoms with Gasteiger partial charge in [-0.05, 0) is 36.6 Å². The number of likely N-dealkylation sites (N-methyl/N-ethyl adjacent to an activating group) is 1. The van der Waals surface area contributed by atoms with E-state index in [1.807, 2.05) is 18.4 Å². The smallest absolute Gasteiger partial charge is 0.265 e. The lowest BCUT2D eigenvalue weighted by molar-refractivity contribution is 0.0731. The molecule has 2 amide bonds. The van der Waals surface area contributed by atoms with E-state index in [0.29, 0.717) is 29.2 Å². The maximum atomic E-state index is 12.3. The van der Waals surface area contributed by atoms with Crippen LogP contribution in [0.15, 0.2) is 41.8 Å². The average molecular weight is 318 g/mol. The van der Waals surface area contributed by atoms with Crippen molar-refractivity contribution < 1.29 is 14.7 Å². The third kappa shape index (κ3) is 3.93. The van der Waals surface area contributed by atoms with Gasteiger partial charge in [0.25, 0.3) is 11.8 Å². The van der Waals surface area contributed by atoms with Gasteiger partial charge < -0.3 is 15.3 Å². The zero-order valence-corrected chi connectivity index (χ0v) is 13.1. The molecule has 2 N–H and O–H groups in total. The minimum atomic E-state index is -0.192. The lowest BCUT2D eigenvalue weighted by atomic mass is 10.1. The Hall–Kier alpha value is -2.18. The number of thiophene rings is 1. The van der Waals surface area contributed by atoms with E-state index in [2.05, 4.69) is 5.32 Å². The van der Waals surface area contributed by atoms with E-state index in [1.54, 1.807) is 35.2 Å². The van der Waals surface area contributed by atoms with Crippen LogP contribution in [0.25, 0.3) is 0 Å². The fourth-order valence-electron chi connectivity index (χ4n) is 2.04. The van der Waals surface area contributed by atoms with Crippen molar-refractivity contribution in [2.75, 3.05) is 25.0 Å². The van der Waals surface area contributed by atoms with Crippen molar-refractivity contribution in [2.24, 2.45) is 0 Å². The first kappa shape index (κ1) is 16.2. The van der Waals surface area contributed by atoms with Crippen molar-refractivity contribution in [3.05, 3.63) is 52.2 Å². The van der Waals surface area contributed by atoms with Crippen LogP contribution in [0.5, 0.6) is 0 Å². The van der Waals surface area contributed by atoms with E-state index < -0.39 is 0 Å². The Morgan fingerprint density at radius 2 is 2.09 bits per heavy atom. The normalized spacial score (nSPS) is 10.3. The van der Waals surface area contributed by atoms with Crippen molar-refractivity contribution in [1.82, 2.24) is 4.90 Å². The minimum Gasteiger partial charge on any atom is -0.395 e. The molecule has 0 fully saturated rings. The van der Waals surface area contributed by atoms with Crippen molar-refractivity contribution >= 4 is 28.8 Å². The highest BCUT2D eigenvalue weighted by Gasteiger charge is 2.14. The van der Waals surface area contributed by atoms with Crippen molar-refractivity contribution in [3.8, 4) is 0 Å². The van der Waals surface area contributed by atoms with Crippen LogP contribution in [0, 0.1) is 0 Å². The molecule has 1 aromatic heterocycles. The van der Waals surface area contributed by atoms with Gasteiger partial charge in [0.2, 0.25) is 0 Å². The summed E-state index contributed by atoms with van der Waals surface area (Å²) >= 11 is 1.36. The number of aliphatic hydroxyl groups is 1. The second-order valence-electron chi connectivity index (χ2n) is 4.62. The molecular formula is C16H18N2O3S. The SMILES string of the molecule is CCN(CCO)C(=O)c1cccc(NC(=O)c2cccs2)c1. The predicted molar refractivity (Wildman–Crippen MR) is 87.4 cm³/mol. The molecule has 116 valence electrons. The quantitative estimate of drug-likeness (QED) is 0.859. The zero-order valence-electron chi connectivity index (χ0n) is 12.3. The zero-order chi connectivity index (χ0) is 15.9. The second kappa shape index (κ2) is 7.72. The van der Waals surface area contributed by atoms with Crippen LogP contribution in [0.4, 0.5) is 5.69 Å². The van der Waals surface area contributed by atoms with Gasteiger partial charge in [0.1, 0.15) is 0 Å². The summed E-state index contributed by atoms with van der Waals surface area (Å²) in [5.41, 5.74) is 1.06. The van der Waals surface area contributed by atoms with E-state index in [0.717, 1.165) is 0 Å². The van der Waals surface area contributed by atoms with Crippen LogP contribution in [0.1, 0.15) is 27.0 Å². The Bertz CT molecular complexity index is 641. The highest BCUT2D eigenvalue weighted by atomic mass is 32.1. The Balaban J connectivity index is 2.12. The summed E-state index contributed by atoms with van der Waals surface area (Å²) in [6.07, 6.45) is 0. The van der Waals surface area contributed by atoms with E-state index in [1.165, 1.54) is 11.3 Å². The molecule has 6 heteroatoms. The standard InChI is InChI=1S/C16H18N2O3S/c1-2-18(8-9-19)16(21)12-5-3-6-13(11-12)17-15(20)14-7-4-10-22-14/h3-7,10-11,19H,2,8-9H2,1H3,(H,17,20). The van der Waals surface area contributed by atoms with Crippen LogP contribution >= 0.6 is 11.3 Å². The molecule has 0 atom stereocenters. The van der Waals surface area contributed by atoms with Gasteiger partial charge in [-0.1, -0.05) is 12.1 Å². The number of nitrogens with one attached hydrogen (secondary N) is 1. The van der Waals surface area contributed by atoms with Gasteiger partial charge in [0.15, 0.2) is 0 Å². The molecule has 22 heavy (non-hydrogen) atoms. The Kier molecular flexibility index (Phi) is 5.68. The number of nitrogens with zero attached hydrogens (tertiary/aromatic N) is 1. The van der Waals surface area contributed by atoms with E-state index >= 15 is 0 Å². The molecule has 0 unspecified atom stereocenters. The molecule has 5 nitrogen and oxygen atoms in total. The highest BCUT2D eigenvalue weighted by molar-refractivity contribution is 7.12. The van der Waals surface area contributed by atoms with Gasteiger partial charge in [-0.15, -0.1) is 11.3 Å². The first-order valence-electron chi connectivity index (χ1n) is 7.00. The summed E-state index contributed by atoms with van der Waals surface area (Å²) in [7, 11) is 0. The summed E-state index contributed by atoms with van der Waals surface area (Å²) in [4.78, 5) is 26.5.